The Bertz CT molecular complexity index is 1130. The highest BCUT2D eigenvalue weighted by Crippen LogP contribution is 2.34. The fraction of sp³-hybridized carbons (Fsp3) is 0.211. The van der Waals surface area contributed by atoms with Gasteiger partial charge in [-0.15, -0.1) is 11.3 Å². The molecule has 1 aliphatic rings. The van der Waals surface area contributed by atoms with Crippen LogP contribution in [0.4, 0.5) is 8.78 Å². The van der Waals surface area contributed by atoms with Crippen molar-refractivity contribution in [1.82, 2.24) is 9.29 Å². The van der Waals surface area contributed by atoms with Crippen LogP contribution in [0.3, 0.4) is 0 Å². The number of thiazole rings is 1. The number of fused-ring (bicyclic) bond motifs is 1. The first kappa shape index (κ1) is 19.0. The molecular weight excluding hydrogens is 406 g/mol. The van der Waals surface area contributed by atoms with Gasteiger partial charge in [-0.25, -0.2) is 22.2 Å². The summed E-state index contributed by atoms with van der Waals surface area (Å²) in [6.07, 6.45) is 0.435. The van der Waals surface area contributed by atoms with E-state index >= 15 is 0 Å². The molecule has 0 spiro atoms. The van der Waals surface area contributed by atoms with Gasteiger partial charge in [-0.3, -0.25) is 0 Å². The van der Waals surface area contributed by atoms with Gasteiger partial charge in [0, 0.05) is 29.5 Å². The third-order valence-electron chi connectivity index (χ3n) is 4.54. The molecule has 5 nitrogen and oxygen atoms in total. The topological polar surface area (TPSA) is 59.5 Å². The lowest BCUT2D eigenvalue weighted by molar-refractivity contribution is 0.389. The van der Waals surface area contributed by atoms with Crippen LogP contribution in [0.5, 0.6) is 5.75 Å². The summed E-state index contributed by atoms with van der Waals surface area (Å²) in [7, 11) is -2.47. The summed E-state index contributed by atoms with van der Waals surface area (Å²) >= 11 is 1.41. The zero-order valence-corrected chi connectivity index (χ0v) is 16.5. The zero-order chi connectivity index (χ0) is 19.9. The van der Waals surface area contributed by atoms with Crippen LogP contribution in [-0.2, 0) is 23.0 Å². The lowest BCUT2D eigenvalue weighted by atomic mass is 10.2. The monoisotopic (exact) mass is 422 g/mol. The number of aromatic nitrogens is 1. The normalized spacial score (nSPS) is 14.7. The second-order valence-electron chi connectivity index (χ2n) is 6.28. The maximum Gasteiger partial charge on any atom is 0.246 e. The maximum absolute atomic E-state index is 14.0. The highest BCUT2D eigenvalue weighted by molar-refractivity contribution is 7.89. The predicted octanol–water partition coefficient (Wildman–Crippen LogP) is 3.84. The summed E-state index contributed by atoms with van der Waals surface area (Å²) < 4.78 is 59.1. The Labute approximate surface area is 165 Å². The quantitative estimate of drug-likeness (QED) is 0.641. The number of rotatable bonds is 4. The molecule has 146 valence electrons. The number of ether oxygens (including phenoxy) is 1. The molecule has 9 heteroatoms. The van der Waals surface area contributed by atoms with Crippen LogP contribution in [0.25, 0.3) is 10.6 Å². The summed E-state index contributed by atoms with van der Waals surface area (Å²) in [4.78, 5) is 4.93. The largest absolute Gasteiger partial charge is 0.497 e. The van der Waals surface area contributed by atoms with Crippen LogP contribution in [-0.4, -0.2) is 31.4 Å². The fourth-order valence-corrected chi connectivity index (χ4v) is 5.72. The van der Waals surface area contributed by atoms with E-state index in [1.165, 1.54) is 15.6 Å². The zero-order valence-electron chi connectivity index (χ0n) is 14.9. The van der Waals surface area contributed by atoms with Gasteiger partial charge in [0.15, 0.2) is 0 Å². The molecule has 4 rings (SSSR count). The van der Waals surface area contributed by atoms with Gasteiger partial charge in [-0.1, -0.05) is 0 Å². The van der Waals surface area contributed by atoms with Gasteiger partial charge >= 0.3 is 0 Å². The molecule has 0 saturated carbocycles. The minimum Gasteiger partial charge on any atom is -0.497 e. The van der Waals surface area contributed by atoms with Gasteiger partial charge in [0.25, 0.3) is 0 Å². The summed E-state index contributed by atoms with van der Waals surface area (Å²) in [6.45, 7) is 0.306. The predicted molar refractivity (Wildman–Crippen MR) is 102 cm³/mol. The second-order valence-corrected chi connectivity index (χ2v) is 9.27. The number of benzene rings is 2. The van der Waals surface area contributed by atoms with Gasteiger partial charge in [0.2, 0.25) is 10.0 Å². The van der Waals surface area contributed by atoms with Crippen molar-refractivity contribution in [2.75, 3.05) is 13.7 Å². The second kappa shape index (κ2) is 7.23. The summed E-state index contributed by atoms with van der Waals surface area (Å²) in [5.74, 6) is -1.17. The molecule has 0 saturated heterocycles. The Balaban J connectivity index is 1.62. The number of sulfonamides is 1. The number of methoxy groups -OCH3 is 1. The van der Waals surface area contributed by atoms with Gasteiger partial charge in [-0.2, -0.15) is 4.31 Å². The molecule has 0 bridgehead atoms. The molecule has 0 unspecified atom stereocenters. The maximum atomic E-state index is 14.0. The van der Waals surface area contributed by atoms with Gasteiger partial charge in [0.05, 0.1) is 19.3 Å². The minimum absolute atomic E-state index is 0.113. The van der Waals surface area contributed by atoms with Crippen molar-refractivity contribution in [1.29, 1.82) is 0 Å². The van der Waals surface area contributed by atoms with Crippen molar-refractivity contribution in [2.45, 2.75) is 17.9 Å². The van der Waals surface area contributed by atoms with Crippen LogP contribution >= 0.6 is 11.3 Å². The highest BCUT2D eigenvalue weighted by atomic mass is 32.2. The van der Waals surface area contributed by atoms with Gasteiger partial charge in [0.1, 0.15) is 27.3 Å². The fourth-order valence-electron chi connectivity index (χ4n) is 3.06. The van der Waals surface area contributed by atoms with Crippen LogP contribution in [0, 0.1) is 11.6 Å². The average molecular weight is 422 g/mol. The molecule has 0 radical (unpaired) electrons. The third-order valence-corrected chi connectivity index (χ3v) is 7.55. The first-order valence-corrected chi connectivity index (χ1v) is 10.7. The Morgan fingerprint density at radius 2 is 1.89 bits per heavy atom. The first-order chi connectivity index (χ1) is 13.4. The van der Waals surface area contributed by atoms with Crippen molar-refractivity contribution in [3.8, 4) is 16.3 Å². The van der Waals surface area contributed by atoms with E-state index in [0.29, 0.717) is 12.5 Å². The van der Waals surface area contributed by atoms with Crippen molar-refractivity contribution in [3.05, 3.63) is 64.7 Å². The summed E-state index contributed by atoms with van der Waals surface area (Å²) in [5, 5.41) is 0.792. The van der Waals surface area contributed by atoms with E-state index in [9.17, 15) is 17.2 Å². The van der Waals surface area contributed by atoms with Crippen LogP contribution in [0.15, 0.2) is 47.4 Å². The van der Waals surface area contributed by atoms with Crippen LogP contribution < -0.4 is 4.74 Å². The lowest BCUT2D eigenvalue weighted by Gasteiger charge is -2.25. The Kier molecular flexibility index (Phi) is 4.90. The van der Waals surface area contributed by atoms with Crippen molar-refractivity contribution in [3.63, 3.8) is 0 Å². The van der Waals surface area contributed by atoms with E-state index in [0.717, 1.165) is 39.0 Å². The molecule has 2 heterocycles. The minimum atomic E-state index is -4.06. The number of halogens is 2. The third kappa shape index (κ3) is 3.41. The lowest BCUT2D eigenvalue weighted by Crippen LogP contribution is -2.36. The van der Waals surface area contributed by atoms with E-state index < -0.39 is 26.6 Å². The van der Waals surface area contributed by atoms with E-state index in [-0.39, 0.29) is 13.1 Å². The van der Waals surface area contributed by atoms with Crippen molar-refractivity contribution in [2.24, 2.45) is 0 Å². The molecule has 2 aromatic carbocycles. The van der Waals surface area contributed by atoms with Crippen LogP contribution in [0.1, 0.15) is 10.6 Å². The molecule has 1 aliphatic heterocycles. The smallest absolute Gasteiger partial charge is 0.246 e. The van der Waals surface area contributed by atoms with E-state index in [4.69, 9.17) is 4.74 Å². The molecule has 1 aromatic heterocycles. The Morgan fingerprint density at radius 3 is 2.57 bits per heavy atom. The molecule has 3 aromatic rings. The first-order valence-electron chi connectivity index (χ1n) is 8.46. The van der Waals surface area contributed by atoms with Gasteiger partial charge < -0.3 is 4.74 Å². The summed E-state index contributed by atoms with van der Waals surface area (Å²) in [6, 6.07) is 9.95. The Morgan fingerprint density at radius 1 is 1.14 bits per heavy atom. The number of hydrogen-bond donors (Lipinski definition) is 0. The molecule has 28 heavy (non-hydrogen) atoms. The molecule has 0 aliphatic carbocycles. The van der Waals surface area contributed by atoms with E-state index in [2.05, 4.69) is 4.98 Å². The van der Waals surface area contributed by atoms with Crippen molar-refractivity contribution >= 4 is 21.4 Å². The van der Waals surface area contributed by atoms with Crippen LogP contribution in [0.2, 0.25) is 0 Å². The number of nitrogens with zero attached hydrogens (tertiary/aromatic N) is 2. The van der Waals surface area contributed by atoms with E-state index in [1.54, 1.807) is 7.11 Å². The summed E-state index contributed by atoms with van der Waals surface area (Å²) in [5.41, 5.74) is 1.76. The standard InChI is InChI=1S/C19H16F2N2O3S2/c1-26-14-5-2-12(3-6-14)19-22-16-8-9-23(11-17(16)27-19)28(24,25)18-7-4-13(20)10-15(18)21/h2-7,10H,8-9,11H2,1H3. The molecule has 0 amide bonds. The van der Waals surface area contributed by atoms with E-state index in [1.807, 2.05) is 24.3 Å². The molecule has 0 fully saturated rings. The Hall–Kier alpha value is -2.36. The molecular formula is C19H16F2N2O3S2. The van der Waals surface area contributed by atoms with Crippen molar-refractivity contribution < 1.29 is 21.9 Å². The van der Waals surface area contributed by atoms with Gasteiger partial charge in [-0.05, 0) is 36.4 Å². The average Bonchev–Trinajstić information content (AvgIpc) is 3.11. The SMILES string of the molecule is COc1ccc(-c2nc3c(s2)CN(S(=O)(=O)c2ccc(F)cc2F)CC3)cc1. The number of hydrogen-bond acceptors (Lipinski definition) is 5. The molecule has 0 atom stereocenters. The molecule has 0 N–H and O–H groups in total. The highest BCUT2D eigenvalue weighted by Gasteiger charge is 2.32.